The van der Waals surface area contributed by atoms with Crippen LogP contribution >= 0.6 is 15.9 Å². The highest BCUT2D eigenvalue weighted by Crippen LogP contribution is 2.23. The summed E-state index contributed by atoms with van der Waals surface area (Å²) in [5.74, 6) is -0.211. The maximum Gasteiger partial charge on any atom is 0.241 e. The van der Waals surface area contributed by atoms with Gasteiger partial charge in [0, 0.05) is 4.47 Å². The molecule has 0 saturated heterocycles. The molecule has 0 saturated carbocycles. The van der Waals surface area contributed by atoms with Gasteiger partial charge in [-0.05, 0) is 40.5 Å². The van der Waals surface area contributed by atoms with Gasteiger partial charge >= 0.3 is 0 Å². The van der Waals surface area contributed by atoms with E-state index in [0.29, 0.717) is 22.1 Å². The third-order valence-electron chi connectivity index (χ3n) is 2.29. The highest BCUT2D eigenvalue weighted by Gasteiger charge is 2.13. The number of benzene rings is 1. The van der Waals surface area contributed by atoms with Gasteiger partial charge in [-0.2, -0.15) is 5.26 Å². The number of anilines is 1. The lowest BCUT2D eigenvalue weighted by atomic mass is 10.1. The minimum Gasteiger partial charge on any atom is -0.324 e. The molecule has 0 unspecified atom stereocenters. The first-order valence-electron chi connectivity index (χ1n) is 5.34. The van der Waals surface area contributed by atoms with E-state index in [4.69, 9.17) is 11.0 Å². The molecule has 0 bridgehead atoms. The van der Waals surface area contributed by atoms with Gasteiger partial charge in [-0.25, -0.2) is 0 Å². The van der Waals surface area contributed by atoms with Crippen molar-refractivity contribution in [3.63, 3.8) is 0 Å². The van der Waals surface area contributed by atoms with Crippen LogP contribution in [-0.4, -0.2) is 11.9 Å². The van der Waals surface area contributed by atoms with Gasteiger partial charge in [-0.15, -0.1) is 0 Å². The second-order valence-corrected chi connectivity index (χ2v) is 4.55. The van der Waals surface area contributed by atoms with Crippen molar-refractivity contribution in [1.82, 2.24) is 0 Å². The number of rotatable bonds is 4. The largest absolute Gasteiger partial charge is 0.324 e. The summed E-state index contributed by atoms with van der Waals surface area (Å²) in [5, 5.41) is 11.4. The van der Waals surface area contributed by atoms with Crippen LogP contribution in [0.5, 0.6) is 0 Å². The SMILES string of the molecule is CCC[C@@H](N)C(=O)Nc1ccc(C#N)cc1Br. The molecule has 90 valence electrons. The van der Waals surface area contributed by atoms with Crippen LogP contribution < -0.4 is 11.1 Å². The number of amides is 1. The zero-order valence-corrected chi connectivity index (χ0v) is 11.1. The van der Waals surface area contributed by atoms with Crippen molar-refractivity contribution in [3.05, 3.63) is 28.2 Å². The lowest BCUT2D eigenvalue weighted by Gasteiger charge is -2.12. The first-order chi connectivity index (χ1) is 8.08. The van der Waals surface area contributed by atoms with Gasteiger partial charge in [0.05, 0.1) is 23.4 Å². The molecule has 0 fully saturated rings. The molecule has 1 amide bonds. The molecule has 0 aliphatic heterocycles. The Morgan fingerprint density at radius 1 is 1.65 bits per heavy atom. The Balaban J connectivity index is 2.76. The first kappa shape index (κ1) is 13.7. The normalized spacial score (nSPS) is 11.6. The van der Waals surface area contributed by atoms with Gasteiger partial charge in [-0.3, -0.25) is 4.79 Å². The van der Waals surface area contributed by atoms with Crippen LogP contribution in [0.15, 0.2) is 22.7 Å². The molecular weight excluding hydrogens is 282 g/mol. The highest BCUT2D eigenvalue weighted by molar-refractivity contribution is 9.10. The number of halogens is 1. The number of hydrogen-bond donors (Lipinski definition) is 2. The molecule has 0 spiro atoms. The Morgan fingerprint density at radius 2 is 2.35 bits per heavy atom. The molecule has 0 radical (unpaired) electrons. The van der Waals surface area contributed by atoms with Gasteiger partial charge in [0.15, 0.2) is 0 Å². The third kappa shape index (κ3) is 3.84. The number of carbonyl (C=O) groups excluding carboxylic acids is 1. The van der Waals surface area contributed by atoms with Gasteiger partial charge < -0.3 is 11.1 Å². The zero-order valence-electron chi connectivity index (χ0n) is 9.53. The number of nitrogens with one attached hydrogen (secondary N) is 1. The smallest absolute Gasteiger partial charge is 0.241 e. The molecule has 4 nitrogen and oxygen atoms in total. The van der Waals surface area contributed by atoms with E-state index in [9.17, 15) is 4.79 Å². The van der Waals surface area contributed by atoms with Crippen LogP contribution in [0, 0.1) is 11.3 Å². The molecule has 1 aromatic rings. The Bertz CT molecular complexity index is 454. The fourth-order valence-corrected chi connectivity index (χ4v) is 1.83. The summed E-state index contributed by atoms with van der Waals surface area (Å²) < 4.78 is 0.675. The molecule has 0 aromatic heterocycles. The van der Waals surface area contributed by atoms with Crippen LogP contribution in [0.4, 0.5) is 5.69 Å². The van der Waals surface area contributed by atoms with Crippen LogP contribution in [0.25, 0.3) is 0 Å². The molecule has 3 N–H and O–H groups in total. The molecular formula is C12H14BrN3O. The highest BCUT2D eigenvalue weighted by atomic mass is 79.9. The summed E-state index contributed by atoms with van der Waals surface area (Å²) in [5.41, 5.74) is 6.86. The topological polar surface area (TPSA) is 78.9 Å². The van der Waals surface area contributed by atoms with Gasteiger partial charge in [0.25, 0.3) is 0 Å². The minimum atomic E-state index is -0.498. The van der Waals surface area contributed by atoms with Gasteiger partial charge in [-0.1, -0.05) is 13.3 Å². The van der Waals surface area contributed by atoms with E-state index in [0.717, 1.165) is 6.42 Å². The molecule has 17 heavy (non-hydrogen) atoms. The standard InChI is InChI=1S/C12H14BrN3O/c1-2-3-10(15)12(17)16-11-5-4-8(7-14)6-9(11)13/h4-6,10H,2-3,15H2,1H3,(H,16,17)/t10-/m1/s1. The van der Waals surface area contributed by atoms with E-state index in [1.54, 1.807) is 18.2 Å². The quantitative estimate of drug-likeness (QED) is 0.895. The van der Waals surface area contributed by atoms with Crippen LogP contribution in [0.1, 0.15) is 25.3 Å². The van der Waals surface area contributed by atoms with Crippen molar-refractivity contribution >= 4 is 27.5 Å². The predicted molar refractivity (Wildman–Crippen MR) is 70.4 cm³/mol. The lowest BCUT2D eigenvalue weighted by Crippen LogP contribution is -2.35. The van der Waals surface area contributed by atoms with Crippen molar-refractivity contribution in [3.8, 4) is 6.07 Å². The molecule has 5 heteroatoms. The van der Waals surface area contributed by atoms with E-state index in [2.05, 4.69) is 21.2 Å². The molecule has 0 aliphatic carbocycles. The van der Waals surface area contributed by atoms with Crippen molar-refractivity contribution in [2.75, 3.05) is 5.32 Å². The predicted octanol–water partition coefficient (Wildman–Crippen LogP) is 2.39. The number of nitriles is 1. The van der Waals surface area contributed by atoms with E-state index < -0.39 is 6.04 Å². The maximum atomic E-state index is 11.7. The lowest BCUT2D eigenvalue weighted by molar-refractivity contribution is -0.117. The summed E-state index contributed by atoms with van der Waals surface area (Å²) in [6.07, 6.45) is 1.52. The summed E-state index contributed by atoms with van der Waals surface area (Å²) in [7, 11) is 0. The second-order valence-electron chi connectivity index (χ2n) is 3.69. The minimum absolute atomic E-state index is 0.211. The zero-order chi connectivity index (χ0) is 12.8. The third-order valence-corrected chi connectivity index (χ3v) is 2.95. The summed E-state index contributed by atoms with van der Waals surface area (Å²) >= 11 is 3.30. The van der Waals surface area contributed by atoms with E-state index in [1.807, 2.05) is 13.0 Å². The average molecular weight is 296 g/mol. The van der Waals surface area contributed by atoms with Crippen molar-refractivity contribution in [1.29, 1.82) is 5.26 Å². The first-order valence-corrected chi connectivity index (χ1v) is 6.14. The fourth-order valence-electron chi connectivity index (χ4n) is 1.35. The Morgan fingerprint density at radius 3 is 2.88 bits per heavy atom. The van der Waals surface area contributed by atoms with Crippen molar-refractivity contribution in [2.45, 2.75) is 25.8 Å². The second kappa shape index (κ2) is 6.38. The number of nitrogens with two attached hydrogens (primary N) is 1. The number of hydrogen-bond acceptors (Lipinski definition) is 3. The average Bonchev–Trinajstić information content (AvgIpc) is 2.31. The number of carbonyl (C=O) groups is 1. The summed E-state index contributed by atoms with van der Waals surface area (Å²) in [4.78, 5) is 11.7. The summed E-state index contributed by atoms with van der Waals surface area (Å²) in [6, 6.07) is 6.50. The molecule has 0 aliphatic rings. The fraction of sp³-hybridized carbons (Fsp3) is 0.333. The molecule has 1 rings (SSSR count). The summed E-state index contributed by atoms with van der Waals surface area (Å²) in [6.45, 7) is 1.98. The van der Waals surface area contributed by atoms with Crippen molar-refractivity contribution in [2.24, 2.45) is 5.73 Å². The maximum absolute atomic E-state index is 11.7. The van der Waals surface area contributed by atoms with E-state index in [1.165, 1.54) is 0 Å². The monoisotopic (exact) mass is 295 g/mol. The Hall–Kier alpha value is -1.38. The Labute approximate surface area is 109 Å². The van der Waals surface area contributed by atoms with E-state index >= 15 is 0 Å². The molecule has 1 aromatic carbocycles. The van der Waals surface area contributed by atoms with Crippen LogP contribution in [0.2, 0.25) is 0 Å². The van der Waals surface area contributed by atoms with E-state index in [-0.39, 0.29) is 5.91 Å². The molecule has 0 heterocycles. The number of nitrogens with zero attached hydrogens (tertiary/aromatic N) is 1. The van der Waals surface area contributed by atoms with Crippen LogP contribution in [-0.2, 0) is 4.79 Å². The van der Waals surface area contributed by atoms with Crippen molar-refractivity contribution < 1.29 is 4.79 Å². The Kier molecular flexibility index (Phi) is 5.13. The molecule has 1 atom stereocenters. The van der Waals surface area contributed by atoms with Gasteiger partial charge in [0.1, 0.15) is 0 Å². The van der Waals surface area contributed by atoms with Crippen LogP contribution in [0.3, 0.4) is 0 Å². The van der Waals surface area contributed by atoms with Gasteiger partial charge in [0.2, 0.25) is 5.91 Å².